The lowest BCUT2D eigenvalue weighted by atomic mass is 9.98. The SMILES string of the molecule is O=C(O)c1c(F)c(F)c(F)c(F)c1-c1ccccc1. The molecular weight excluding hydrogens is 264 g/mol. The first-order valence-electron chi connectivity index (χ1n) is 5.09. The Hall–Kier alpha value is -2.37. The second-order valence-electron chi connectivity index (χ2n) is 3.68. The molecule has 0 radical (unpaired) electrons. The number of carboxylic acid groups (broad SMARTS) is 1. The third-order valence-corrected chi connectivity index (χ3v) is 2.54. The molecule has 2 rings (SSSR count). The molecule has 0 aliphatic carbocycles. The van der Waals surface area contributed by atoms with Gasteiger partial charge < -0.3 is 5.11 Å². The van der Waals surface area contributed by atoms with Crippen molar-refractivity contribution >= 4 is 5.97 Å². The van der Waals surface area contributed by atoms with Crippen molar-refractivity contribution in [3.63, 3.8) is 0 Å². The molecule has 0 saturated carbocycles. The second-order valence-corrected chi connectivity index (χ2v) is 3.68. The van der Waals surface area contributed by atoms with E-state index in [0.717, 1.165) is 0 Å². The maximum atomic E-state index is 13.7. The standard InChI is InChI=1S/C13H6F4O2/c14-9-7(6-4-2-1-3-5-6)8(13(18)19)10(15)12(17)11(9)16/h1-5H,(H,18,19). The third-order valence-electron chi connectivity index (χ3n) is 2.54. The Morgan fingerprint density at radius 2 is 1.37 bits per heavy atom. The first-order chi connectivity index (χ1) is 8.95. The summed E-state index contributed by atoms with van der Waals surface area (Å²) in [5.41, 5.74) is -2.11. The molecule has 0 spiro atoms. The summed E-state index contributed by atoms with van der Waals surface area (Å²) in [5.74, 6) is -9.72. The smallest absolute Gasteiger partial charge is 0.339 e. The highest BCUT2D eigenvalue weighted by atomic mass is 19.2. The highest BCUT2D eigenvalue weighted by molar-refractivity contribution is 5.96. The van der Waals surface area contributed by atoms with Crippen molar-refractivity contribution < 1.29 is 27.5 Å². The highest BCUT2D eigenvalue weighted by Crippen LogP contribution is 2.32. The molecule has 0 saturated heterocycles. The van der Waals surface area contributed by atoms with Gasteiger partial charge in [0, 0.05) is 5.56 Å². The van der Waals surface area contributed by atoms with Crippen LogP contribution in [0.2, 0.25) is 0 Å². The quantitative estimate of drug-likeness (QED) is 0.514. The van der Waals surface area contributed by atoms with Gasteiger partial charge in [-0.1, -0.05) is 30.3 Å². The molecule has 2 aromatic rings. The van der Waals surface area contributed by atoms with Gasteiger partial charge >= 0.3 is 5.97 Å². The minimum absolute atomic E-state index is 0.0600. The summed E-state index contributed by atoms with van der Waals surface area (Å²) in [5, 5.41) is 8.85. The minimum atomic E-state index is -2.14. The summed E-state index contributed by atoms with van der Waals surface area (Å²) >= 11 is 0. The largest absolute Gasteiger partial charge is 0.478 e. The number of halogens is 4. The minimum Gasteiger partial charge on any atom is -0.478 e. The van der Waals surface area contributed by atoms with E-state index in [2.05, 4.69) is 0 Å². The van der Waals surface area contributed by atoms with Gasteiger partial charge in [0.25, 0.3) is 0 Å². The van der Waals surface area contributed by atoms with Crippen LogP contribution in [0.1, 0.15) is 10.4 Å². The highest BCUT2D eigenvalue weighted by Gasteiger charge is 2.29. The predicted molar refractivity (Wildman–Crippen MR) is 58.7 cm³/mol. The fraction of sp³-hybridized carbons (Fsp3) is 0. The molecule has 0 aliphatic rings. The Morgan fingerprint density at radius 3 is 1.89 bits per heavy atom. The zero-order valence-electron chi connectivity index (χ0n) is 9.25. The summed E-state index contributed by atoms with van der Waals surface area (Å²) in [6.07, 6.45) is 0. The fourth-order valence-corrected chi connectivity index (χ4v) is 1.71. The number of carboxylic acids is 1. The summed E-state index contributed by atoms with van der Waals surface area (Å²) in [6, 6.07) is 6.94. The van der Waals surface area contributed by atoms with Crippen LogP contribution < -0.4 is 0 Å². The molecule has 0 fully saturated rings. The zero-order valence-corrected chi connectivity index (χ0v) is 9.25. The van der Waals surface area contributed by atoms with E-state index >= 15 is 0 Å². The van der Waals surface area contributed by atoms with Crippen LogP contribution in [0, 0.1) is 23.3 Å². The number of aromatic carboxylic acids is 1. The lowest BCUT2D eigenvalue weighted by Gasteiger charge is -2.10. The molecule has 0 atom stereocenters. The van der Waals surface area contributed by atoms with E-state index < -0.39 is 40.4 Å². The molecule has 0 aromatic heterocycles. The lowest BCUT2D eigenvalue weighted by Crippen LogP contribution is -2.11. The molecule has 0 aliphatic heterocycles. The van der Waals surface area contributed by atoms with E-state index in [-0.39, 0.29) is 5.56 Å². The molecule has 2 nitrogen and oxygen atoms in total. The van der Waals surface area contributed by atoms with Gasteiger partial charge in [-0.05, 0) is 5.56 Å². The van der Waals surface area contributed by atoms with Crippen LogP contribution in [0.15, 0.2) is 30.3 Å². The molecule has 0 amide bonds. The van der Waals surface area contributed by atoms with E-state index in [9.17, 15) is 22.4 Å². The zero-order chi connectivity index (χ0) is 14.2. The van der Waals surface area contributed by atoms with Crippen LogP contribution in [0.4, 0.5) is 17.6 Å². The van der Waals surface area contributed by atoms with Gasteiger partial charge in [0.15, 0.2) is 23.3 Å². The molecule has 0 bridgehead atoms. The van der Waals surface area contributed by atoms with E-state index in [1.54, 1.807) is 6.07 Å². The molecule has 19 heavy (non-hydrogen) atoms. The van der Waals surface area contributed by atoms with Crippen LogP contribution in [-0.4, -0.2) is 11.1 Å². The van der Waals surface area contributed by atoms with Crippen molar-refractivity contribution in [1.82, 2.24) is 0 Å². The van der Waals surface area contributed by atoms with Gasteiger partial charge in [-0.15, -0.1) is 0 Å². The molecule has 98 valence electrons. The predicted octanol–water partition coefficient (Wildman–Crippen LogP) is 3.61. The van der Waals surface area contributed by atoms with Crippen molar-refractivity contribution in [1.29, 1.82) is 0 Å². The van der Waals surface area contributed by atoms with Crippen LogP contribution in [0.25, 0.3) is 11.1 Å². The first kappa shape index (κ1) is 13.1. The average Bonchev–Trinajstić information content (AvgIpc) is 2.40. The van der Waals surface area contributed by atoms with E-state index in [4.69, 9.17) is 5.11 Å². The van der Waals surface area contributed by atoms with Gasteiger partial charge in [0.05, 0.1) is 0 Å². The van der Waals surface area contributed by atoms with Gasteiger partial charge in [-0.25, -0.2) is 22.4 Å². The van der Waals surface area contributed by atoms with Crippen LogP contribution >= 0.6 is 0 Å². The molecule has 6 heteroatoms. The summed E-state index contributed by atoms with van der Waals surface area (Å²) < 4.78 is 53.4. The second kappa shape index (κ2) is 4.72. The number of benzene rings is 2. The Kier molecular flexibility index (Phi) is 3.25. The Labute approximate surface area is 104 Å². The van der Waals surface area contributed by atoms with Gasteiger partial charge in [0.2, 0.25) is 0 Å². The van der Waals surface area contributed by atoms with E-state index in [1.807, 2.05) is 0 Å². The fourth-order valence-electron chi connectivity index (χ4n) is 1.71. The lowest BCUT2D eigenvalue weighted by molar-refractivity contribution is 0.0690. The van der Waals surface area contributed by atoms with Crippen molar-refractivity contribution in [3.8, 4) is 11.1 Å². The maximum absolute atomic E-state index is 13.7. The Balaban J connectivity index is 2.90. The molecule has 2 aromatic carbocycles. The van der Waals surface area contributed by atoms with Crippen LogP contribution in [0.5, 0.6) is 0 Å². The molecule has 1 N–H and O–H groups in total. The Bertz CT molecular complexity index is 654. The first-order valence-corrected chi connectivity index (χ1v) is 5.09. The number of rotatable bonds is 2. The van der Waals surface area contributed by atoms with Gasteiger partial charge in [0.1, 0.15) is 5.56 Å². The van der Waals surface area contributed by atoms with Gasteiger partial charge in [-0.3, -0.25) is 0 Å². The third kappa shape index (κ3) is 2.05. The molecular formula is C13H6F4O2. The van der Waals surface area contributed by atoms with Crippen molar-refractivity contribution in [2.45, 2.75) is 0 Å². The van der Waals surface area contributed by atoms with E-state index in [1.165, 1.54) is 24.3 Å². The number of carbonyl (C=O) groups is 1. The van der Waals surface area contributed by atoms with Crippen molar-refractivity contribution in [2.75, 3.05) is 0 Å². The molecule has 0 heterocycles. The summed E-state index contributed by atoms with van der Waals surface area (Å²) in [6.45, 7) is 0. The normalized spacial score (nSPS) is 10.5. The van der Waals surface area contributed by atoms with Crippen molar-refractivity contribution in [3.05, 3.63) is 59.2 Å². The van der Waals surface area contributed by atoms with Gasteiger partial charge in [-0.2, -0.15) is 0 Å². The number of hydrogen-bond donors (Lipinski definition) is 1. The average molecular weight is 270 g/mol. The molecule has 0 unspecified atom stereocenters. The monoisotopic (exact) mass is 270 g/mol. The summed E-state index contributed by atoms with van der Waals surface area (Å²) in [4.78, 5) is 10.9. The number of hydrogen-bond acceptors (Lipinski definition) is 1. The summed E-state index contributed by atoms with van der Waals surface area (Å²) in [7, 11) is 0. The topological polar surface area (TPSA) is 37.3 Å². The maximum Gasteiger partial charge on any atom is 0.339 e. The van der Waals surface area contributed by atoms with Crippen LogP contribution in [-0.2, 0) is 0 Å². The van der Waals surface area contributed by atoms with E-state index in [0.29, 0.717) is 0 Å². The van der Waals surface area contributed by atoms with Crippen LogP contribution in [0.3, 0.4) is 0 Å². The van der Waals surface area contributed by atoms with Crippen molar-refractivity contribution in [2.24, 2.45) is 0 Å². The Morgan fingerprint density at radius 1 is 0.842 bits per heavy atom.